The summed E-state index contributed by atoms with van der Waals surface area (Å²) in [4.78, 5) is 40.4. The molecule has 0 aliphatic carbocycles. The minimum atomic E-state index is -0.886. The van der Waals surface area contributed by atoms with E-state index in [9.17, 15) is 14.4 Å². The number of aliphatic carboxylic acids is 1. The number of carbonyl (C=O) groups excluding carboxylic acids is 2. The summed E-state index contributed by atoms with van der Waals surface area (Å²) < 4.78 is 11.0. The predicted molar refractivity (Wildman–Crippen MR) is 150 cm³/mol. The second-order valence-corrected chi connectivity index (χ2v) is 9.38. The maximum atomic E-state index is 13.1. The van der Waals surface area contributed by atoms with Gasteiger partial charge in [0.15, 0.2) is 0 Å². The topological polar surface area (TPSA) is 108 Å². The van der Waals surface area contributed by atoms with Gasteiger partial charge in [0.2, 0.25) is 5.91 Å². The molecule has 204 valence electrons. The number of para-hydroxylation sites is 1. The van der Waals surface area contributed by atoms with E-state index in [0.717, 1.165) is 28.8 Å². The molecule has 0 radical (unpaired) electrons. The highest BCUT2D eigenvalue weighted by Gasteiger charge is 2.25. The van der Waals surface area contributed by atoms with E-state index in [0.29, 0.717) is 30.1 Å². The molecule has 0 saturated heterocycles. The van der Waals surface area contributed by atoms with Crippen molar-refractivity contribution in [2.24, 2.45) is 0 Å². The maximum absolute atomic E-state index is 13.1. The zero-order chi connectivity index (χ0) is 27.9. The Morgan fingerprint density at radius 3 is 2.59 bits per heavy atom. The monoisotopic (exact) mass is 531 g/mol. The fraction of sp³-hybridized carbons (Fsp3) is 0.300. The highest BCUT2D eigenvalue weighted by molar-refractivity contribution is 6.04. The lowest BCUT2D eigenvalue weighted by atomic mass is 10.0. The van der Waals surface area contributed by atoms with E-state index in [1.807, 2.05) is 48.5 Å². The van der Waals surface area contributed by atoms with E-state index in [4.69, 9.17) is 14.6 Å². The second kappa shape index (κ2) is 12.4. The van der Waals surface area contributed by atoms with Crippen LogP contribution >= 0.6 is 0 Å². The first-order valence-electron chi connectivity index (χ1n) is 12.7. The molecule has 1 unspecified atom stereocenters. The Labute approximate surface area is 227 Å². The van der Waals surface area contributed by atoms with Crippen LogP contribution in [0.5, 0.6) is 5.75 Å². The zero-order valence-corrected chi connectivity index (χ0v) is 22.3. The summed E-state index contributed by atoms with van der Waals surface area (Å²) in [5.41, 5.74) is 4.79. The molecule has 4 rings (SSSR count). The van der Waals surface area contributed by atoms with E-state index in [1.54, 1.807) is 35.0 Å². The van der Waals surface area contributed by atoms with Crippen molar-refractivity contribution < 1.29 is 29.0 Å². The van der Waals surface area contributed by atoms with Gasteiger partial charge in [-0.05, 0) is 59.9 Å². The molecular formula is C30H33N3O6. The SMILES string of the molecule is COc1cc(CC(=O)N(C)c2cccc(C(CCC(=O)O)OC)c2)ccc1NC(=O)N1CCc2ccccc21. The number of fused-ring (bicyclic) bond motifs is 1. The minimum absolute atomic E-state index is 0.0128. The van der Waals surface area contributed by atoms with Gasteiger partial charge in [0.05, 0.1) is 25.3 Å². The second-order valence-electron chi connectivity index (χ2n) is 9.38. The molecule has 39 heavy (non-hydrogen) atoms. The molecule has 3 amide bonds. The van der Waals surface area contributed by atoms with E-state index in [-0.39, 0.29) is 30.9 Å². The number of methoxy groups -OCH3 is 2. The Balaban J connectivity index is 1.43. The molecule has 9 heteroatoms. The number of urea groups is 1. The maximum Gasteiger partial charge on any atom is 0.326 e. The van der Waals surface area contributed by atoms with Crippen molar-refractivity contribution >= 4 is 35.0 Å². The molecule has 0 aromatic heterocycles. The number of carboxylic acid groups (broad SMARTS) is 1. The highest BCUT2D eigenvalue weighted by atomic mass is 16.5. The summed E-state index contributed by atoms with van der Waals surface area (Å²) in [6.07, 6.45) is 0.871. The normalized spacial score (nSPS) is 12.9. The number of nitrogens with one attached hydrogen (secondary N) is 1. The minimum Gasteiger partial charge on any atom is -0.495 e. The van der Waals surface area contributed by atoms with Crippen LogP contribution in [0.2, 0.25) is 0 Å². The molecule has 1 aliphatic rings. The Morgan fingerprint density at radius 1 is 1.05 bits per heavy atom. The van der Waals surface area contributed by atoms with Crippen molar-refractivity contribution in [1.29, 1.82) is 0 Å². The fourth-order valence-corrected chi connectivity index (χ4v) is 4.73. The summed E-state index contributed by atoms with van der Waals surface area (Å²) in [5.74, 6) is -0.561. The van der Waals surface area contributed by atoms with Crippen LogP contribution in [0.4, 0.5) is 21.9 Å². The molecule has 1 heterocycles. The van der Waals surface area contributed by atoms with Gasteiger partial charge in [-0.3, -0.25) is 14.5 Å². The Hall–Kier alpha value is -4.37. The third-order valence-corrected chi connectivity index (χ3v) is 6.90. The predicted octanol–water partition coefficient (Wildman–Crippen LogP) is 5.05. The van der Waals surface area contributed by atoms with Crippen molar-refractivity contribution in [2.75, 3.05) is 42.9 Å². The van der Waals surface area contributed by atoms with Crippen LogP contribution < -0.4 is 19.9 Å². The van der Waals surface area contributed by atoms with E-state index < -0.39 is 5.97 Å². The number of likely N-dealkylation sites (N-methyl/N-ethyl adjacent to an activating group) is 1. The summed E-state index contributed by atoms with van der Waals surface area (Å²) in [5, 5.41) is 11.9. The number of carbonyl (C=O) groups is 3. The van der Waals surface area contributed by atoms with Gasteiger partial charge in [0, 0.05) is 38.5 Å². The molecule has 0 fully saturated rings. The van der Waals surface area contributed by atoms with Gasteiger partial charge in [-0.25, -0.2) is 4.79 Å². The van der Waals surface area contributed by atoms with Crippen LogP contribution in [0.15, 0.2) is 66.7 Å². The number of carboxylic acids is 1. The largest absolute Gasteiger partial charge is 0.495 e. The zero-order valence-electron chi connectivity index (χ0n) is 22.3. The van der Waals surface area contributed by atoms with Gasteiger partial charge < -0.3 is 24.8 Å². The first kappa shape index (κ1) is 27.7. The number of hydrogen-bond acceptors (Lipinski definition) is 5. The van der Waals surface area contributed by atoms with Crippen LogP contribution in [-0.2, 0) is 27.2 Å². The fourth-order valence-electron chi connectivity index (χ4n) is 4.73. The third-order valence-electron chi connectivity index (χ3n) is 6.90. The van der Waals surface area contributed by atoms with Crippen molar-refractivity contribution in [3.63, 3.8) is 0 Å². The van der Waals surface area contributed by atoms with Gasteiger partial charge >= 0.3 is 12.0 Å². The van der Waals surface area contributed by atoms with E-state index >= 15 is 0 Å². The Bertz CT molecular complexity index is 1360. The lowest BCUT2D eigenvalue weighted by Gasteiger charge is -2.21. The number of amides is 3. The average Bonchev–Trinajstić information content (AvgIpc) is 3.38. The first-order chi connectivity index (χ1) is 18.8. The highest BCUT2D eigenvalue weighted by Crippen LogP contribution is 2.31. The lowest BCUT2D eigenvalue weighted by Crippen LogP contribution is -2.33. The van der Waals surface area contributed by atoms with Gasteiger partial charge in [0.25, 0.3) is 0 Å². The third kappa shape index (κ3) is 6.56. The van der Waals surface area contributed by atoms with Crippen molar-refractivity contribution in [3.05, 3.63) is 83.4 Å². The van der Waals surface area contributed by atoms with Gasteiger partial charge in [-0.15, -0.1) is 0 Å². The first-order valence-corrected chi connectivity index (χ1v) is 12.7. The number of hydrogen-bond donors (Lipinski definition) is 2. The van der Waals surface area contributed by atoms with Crippen molar-refractivity contribution in [3.8, 4) is 5.75 Å². The van der Waals surface area contributed by atoms with Gasteiger partial charge in [-0.2, -0.15) is 0 Å². The summed E-state index contributed by atoms with van der Waals surface area (Å²) in [7, 11) is 4.76. The molecule has 1 atom stereocenters. The van der Waals surface area contributed by atoms with Crippen LogP contribution in [0.25, 0.3) is 0 Å². The molecule has 0 bridgehead atoms. The molecule has 3 aromatic rings. The van der Waals surface area contributed by atoms with Crippen LogP contribution in [-0.4, -0.2) is 50.8 Å². The summed E-state index contributed by atoms with van der Waals surface area (Å²) in [6.45, 7) is 0.609. The summed E-state index contributed by atoms with van der Waals surface area (Å²) >= 11 is 0. The van der Waals surface area contributed by atoms with Crippen LogP contribution in [0, 0.1) is 0 Å². The van der Waals surface area contributed by atoms with Crippen LogP contribution in [0.1, 0.15) is 35.6 Å². The van der Waals surface area contributed by atoms with Crippen molar-refractivity contribution in [2.45, 2.75) is 31.8 Å². The van der Waals surface area contributed by atoms with E-state index in [1.165, 1.54) is 14.2 Å². The average molecular weight is 532 g/mol. The number of rotatable bonds is 10. The quantitative estimate of drug-likeness (QED) is 0.379. The molecule has 1 aliphatic heterocycles. The molecule has 9 nitrogen and oxygen atoms in total. The lowest BCUT2D eigenvalue weighted by molar-refractivity contribution is -0.137. The number of anilines is 3. The van der Waals surface area contributed by atoms with Gasteiger partial charge in [0.1, 0.15) is 5.75 Å². The summed E-state index contributed by atoms with van der Waals surface area (Å²) in [6, 6.07) is 20.2. The smallest absolute Gasteiger partial charge is 0.326 e. The van der Waals surface area contributed by atoms with E-state index in [2.05, 4.69) is 5.32 Å². The molecule has 3 aromatic carbocycles. The number of benzene rings is 3. The Morgan fingerprint density at radius 2 is 1.85 bits per heavy atom. The standard InChI is InChI=1S/C30H33N3O6/c1-32(23-9-6-8-22(19-23)26(38-2)13-14-29(35)36)28(34)18-20-11-12-24(27(17-20)39-3)31-30(37)33-16-15-21-7-4-5-10-25(21)33/h4-12,17,19,26H,13-16,18H2,1-3H3,(H,31,37)(H,35,36). The van der Waals surface area contributed by atoms with Crippen LogP contribution in [0.3, 0.4) is 0 Å². The molecule has 2 N–H and O–H groups in total. The molecular weight excluding hydrogens is 498 g/mol. The number of nitrogens with zero attached hydrogens (tertiary/aromatic N) is 2. The van der Waals surface area contributed by atoms with Crippen molar-refractivity contribution in [1.82, 2.24) is 0 Å². The Kier molecular flexibility index (Phi) is 8.83. The molecule has 0 saturated carbocycles. The van der Waals surface area contributed by atoms with Gasteiger partial charge in [-0.1, -0.05) is 36.4 Å². The molecule has 0 spiro atoms. The number of ether oxygens (including phenoxy) is 2.